The van der Waals surface area contributed by atoms with Crippen molar-refractivity contribution in [3.63, 3.8) is 0 Å². The van der Waals surface area contributed by atoms with Crippen LogP contribution in [0.1, 0.15) is 35.4 Å². The molecule has 6 heteroatoms. The number of fused-ring (bicyclic) bond motifs is 3. The summed E-state index contributed by atoms with van der Waals surface area (Å²) in [6.07, 6.45) is 0.336. The first kappa shape index (κ1) is 18.3. The standard InChI is InChI=1S/C23H18Cl2N2O2/c1-28-21-8-4-3-7-17(21)23-27-20(16-6-2-5-9-22(16)29-23)13-19(26-27)15-11-10-14(24)12-18(15)25/h2-12,20,23H,13H2,1H3. The lowest BCUT2D eigenvalue weighted by molar-refractivity contribution is -0.0203. The van der Waals surface area contributed by atoms with E-state index >= 15 is 0 Å². The zero-order chi connectivity index (χ0) is 20.0. The van der Waals surface area contributed by atoms with Gasteiger partial charge in [0.1, 0.15) is 11.5 Å². The molecule has 0 N–H and O–H groups in total. The molecule has 2 unspecified atom stereocenters. The number of methoxy groups -OCH3 is 1. The van der Waals surface area contributed by atoms with Crippen LogP contribution in [0.5, 0.6) is 11.5 Å². The van der Waals surface area contributed by atoms with Crippen molar-refractivity contribution in [1.82, 2.24) is 5.01 Å². The maximum absolute atomic E-state index is 6.47. The van der Waals surface area contributed by atoms with Crippen LogP contribution >= 0.6 is 23.2 Å². The summed E-state index contributed by atoms with van der Waals surface area (Å²) in [6.45, 7) is 0. The predicted molar refractivity (Wildman–Crippen MR) is 115 cm³/mol. The molecule has 2 aliphatic heterocycles. The molecule has 0 radical (unpaired) electrons. The Morgan fingerprint density at radius 3 is 2.55 bits per heavy atom. The van der Waals surface area contributed by atoms with Gasteiger partial charge >= 0.3 is 0 Å². The van der Waals surface area contributed by atoms with Crippen LogP contribution in [-0.2, 0) is 0 Å². The van der Waals surface area contributed by atoms with Crippen LogP contribution < -0.4 is 9.47 Å². The number of hydrogen-bond acceptors (Lipinski definition) is 4. The maximum Gasteiger partial charge on any atom is 0.217 e. The summed E-state index contributed by atoms with van der Waals surface area (Å²) in [7, 11) is 1.67. The van der Waals surface area contributed by atoms with Gasteiger partial charge in [-0.25, -0.2) is 5.01 Å². The molecule has 0 aliphatic carbocycles. The van der Waals surface area contributed by atoms with E-state index in [2.05, 4.69) is 6.07 Å². The smallest absolute Gasteiger partial charge is 0.217 e. The second kappa shape index (κ2) is 7.29. The Labute approximate surface area is 179 Å². The zero-order valence-corrected chi connectivity index (χ0v) is 17.2. The zero-order valence-electron chi connectivity index (χ0n) is 15.7. The average Bonchev–Trinajstić information content (AvgIpc) is 3.18. The van der Waals surface area contributed by atoms with Crippen LogP contribution in [0.2, 0.25) is 10.0 Å². The number of rotatable bonds is 3. The van der Waals surface area contributed by atoms with Gasteiger partial charge in [0.25, 0.3) is 0 Å². The first-order valence-electron chi connectivity index (χ1n) is 9.35. The molecule has 0 saturated heterocycles. The van der Waals surface area contributed by atoms with Gasteiger partial charge in [-0.2, -0.15) is 5.10 Å². The Hall–Kier alpha value is -2.69. The highest BCUT2D eigenvalue weighted by molar-refractivity contribution is 6.37. The van der Waals surface area contributed by atoms with Crippen molar-refractivity contribution >= 4 is 28.9 Å². The Balaban J connectivity index is 1.63. The number of hydrazone groups is 1. The number of para-hydroxylation sites is 2. The van der Waals surface area contributed by atoms with Crippen LogP contribution in [0.3, 0.4) is 0 Å². The van der Waals surface area contributed by atoms with Gasteiger partial charge in [0.2, 0.25) is 6.23 Å². The van der Waals surface area contributed by atoms with Crippen LogP contribution in [0.4, 0.5) is 0 Å². The summed E-state index contributed by atoms with van der Waals surface area (Å²) in [5.41, 5.74) is 3.85. The fourth-order valence-electron chi connectivity index (χ4n) is 4.00. The second-order valence-corrected chi connectivity index (χ2v) is 7.86. The fraction of sp³-hybridized carbons (Fsp3) is 0.174. The molecule has 0 bridgehead atoms. The Morgan fingerprint density at radius 2 is 1.76 bits per heavy atom. The third-order valence-corrected chi connectivity index (χ3v) is 5.89. The molecule has 2 atom stereocenters. The van der Waals surface area contributed by atoms with Crippen LogP contribution in [0.15, 0.2) is 71.8 Å². The number of hydrogen-bond donors (Lipinski definition) is 0. The van der Waals surface area contributed by atoms with Crippen molar-refractivity contribution in [3.8, 4) is 11.5 Å². The highest BCUT2D eigenvalue weighted by Crippen LogP contribution is 2.49. The molecule has 0 fully saturated rings. The van der Waals surface area contributed by atoms with Crippen molar-refractivity contribution < 1.29 is 9.47 Å². The minimum absolute atomic E-state index is 0.0524. The third kappa shape index (κ3) is 3.13. The largest absolute Gasteiger partial charge is 0.496 e. The molecule has 2 aliphatic rings. The Kier molecular flexibility index (Phi) is 4.61. The van der Waals surface area contributed by atoms with Crippen molar-refractivity contribution in [2.24, 2.45) is 5.10 Å². The van der Waals surface area contributed by atoms with E-state index in [1.165, 1.54) is 0 Å². The minimum atomic E-state index is -0.394. The summed E-state index contributed by atoms with van der Waals surface area (Å²) in [4.78, 5) is 0. The lowest BCUT2D eigenvalue weighted by Crippen LogP contribution is -2.33. The summed E-state index contributed by atoms with van der Waals surface area (Å²) in [5, 5.41) is 8.16. The highest BCUT2D eigenvalue weighted by Gasteiger charge is 2.42. The monoisotopic (exact) mass is 424 g/mol. The number of ether oxygens (including phenoxy) is 2. The summed E-state index contributed by atoms with van der Waals surface area (Å²) in [5.74, 6) is 1.63. The molecule has 29 heavy (non-hydrogen) atoms. The molecule has 3 aromatic carbocycles. The summed E-state index contributed by atoms with van der Waals surface area (Å²) < 4.78 is 12.0. The molecule has 2 heterocycles. The van der Waals surface area contributed by atoms with E-state index in [0.29, 0.717) is 10.0 Å². The van der Waals surface area contributed by atoms with Crippen molar-refractivity contribution in [1.29, 1.82) is 0 Å². The second-order valence-electron chi connectivity index (χ2n) is 7.02. The van der Waals surface area contributed by atoms with E-state index in [-0.39, 0.29) is 6.04 Å². The molecule has 146 valence electrons. The van der Waals surface area contributed by atoms with Gasteiger partial charge in [0, 0.05) is 22.6 Å². The number of nitrogens with zero attached hydrogens (tertiary/aromatic N) is 2. The van der Waals surface area contributed by atoms with Crippen LogP contribution in [-0.4, -0.2) is 17.8 Å². The van der Waals surface area contributed by atoms with E-state index in [4.69, 9.17) is 37.8 Å². The number of halogens is 2. The fourth-order valence-corrected chi connectivity index (χ4v) is 4.51. The van der Waals surface area contributed by atoms with Crippen molar-refractivity contribution in [2.45, 2.75) is 18.7 Å². The molecular weight excluding hydrogens is 407 g/mol. The first-order chi connectivity index (χ1) is 14.2. The summed E-state index contributed by atoms with van der Waals surface area (Å²) in [6, 6.07) is 21.5. The Bertz CT molecular complexity index is 1120. The van der Waals surface area contributed by atoms with Gasteiger partial charge in [-0.1, -0.05) is 59.6 Å². The lowest BCUT2D eigenvalue weighted by Gasteiger charge is -2.38. The lowest BCUT2D eigenvalue weighted by atomic mass is 9.96. The van der Waals surface area contributed by atoms with E-state index in [0.717, 1.165) is 40.3 Å². The molecule has 0 spiro atoms. The van der Waals surface area contributed by atoms with E-state index in [1.807, 2.05) is 59.6 Å². The minimum Gasteiger partial charge on any atom is -0.496 e. The van der Waals surface area contributed by atoms with Gasteiger partial charge in [-0.15, -0.1) is 0 Å². The maximum atomic E-state index is 6.47. The quantitative estimate of drug-likeness (QED) is 0.498. The van der Waals surface area contributed by atoms with Gasteiger partial charge in [0.15, 0.2) is 0 Å². The molecule has 3 aromatic rings. The van der Waals surface area contributed by atoms with Crippen molar-refractivity contribution in [3.05, 3.63) is 93.5 Å². The topological polar surface area (TPSA) is 34.1 Å². The molecule has 0 saturated carbocycles. The van der Waals surface area contributed by atoms with Crippen LogP contribution in [0.25, 0.3) is 0 Å². The van der Waals surface area contributed by atoms with Gasteiger partial charge < -0.3 is 9.47 Å². The van der Waals surface area contributed by atoms with E-state index in [9.17, 15) is 0 Å². The predicted octanol–water partition coefficient (Wildman–Crippen LogP) is 6.24. The van der Waals surface area contributed by atoms with E-state index < -0.39 is 6.23 Å². The third-order valence-electron chi connectivity index (χ3n) is 5.35. The normalized spacial score (nSPS) is 19.8. The Morgan fingerprint density at radius 1 is 1.00 bits per heavy atom. The van der Waals surface area contributed by atoms with Gasteiger partial charge in [-0.05, 0) is 30.3 Å². The number of benzene rings is 3. The van der Waals surface area contributed by atoms with Crippen molar-refractivity contribution in [2.75, 3.05) is 7.11 Å². The highest BCUT2D eigenvalue weighted by atomic mass is 35.5. The molecule has 0 amide bonds. The SMILES string of the molecule is COc1ccccc1C1Oc2ccccc2C2CC(c3ccc(Cl)cc3Cl)=NN21. The van der Waals surface area contributed by atoms with Gasteiger partial charge in [-0.3, -0.25) is 0 Å². The molecular formula is C23H18Cl2N2O2. The first-order valence-corrected chi connectivity index (χ1v) is 10.1. The van der Waals surface area contributed by atoms with Gasteiger partial charge in [0.05, 0.1) is 29.4 Å². The molecule has 4 nitrogen and oxygen atoms in total. The summed E-state index contributed by atoms with van der Waals surface area (Å²) >= 11 is 12.6. The average molecular weight is 425 g/mol. The molecule has 5 rings (SSSR count). The van der Waals surface area contributed by atoms with E-state index in [1.54, 1.807) is 13.2 Å². The molecule has 0 aromatic heterocycles. The van der Waals surface area contributed by atoms with Crippen LogP contribution in [0, 0.1) is 0 Å².